The number of rotatable bonds is 11. The van der Waals surface area contributed by atoms with E-state index in [1.54, 1.807) is 11.8 Å². The molecular formula is C26H35ClN2O2. The Morgan fingerprint density at radius 1 is 1.03 bits per heavy atom. The number of carbonyl (C=O) groups excluding carboxylic acids is 2. The molecule has 0 aliphatic rings. The van der Waals surface area contributed by atoms with Gasteiger partial charge in [0.25, 0.3) is 0 Å². The first kappa shape index (κ1) is 24.9. The molecule has 2 rings (SSSR count). The first-order valence-electron chi connectivity index (χ1n) is 11.2. The van der Waals surface area contributed by atoms with E-state index in [9.17, 15) is 9.59 Å². The van der Waals surface area contributed by atoms with Gasteiger partial charge in [-0.1, -0.05) is 81.3 Å². The summed E-state index contributed by atoms with van der Waals surface area (Å²) >= 11 is 6.33. The van der Waals surface area contributed by atoms with Crippen LogP contribution in [-0.2, 0) is 22.6 Å². The van der Waals surface area contributed by atoms with Gasteiger partial charge < -0.3 is 10.2 Å². The predicted octanol–water partition coefficient (Wildman–Crippen LogP) is 5.73. The number of aryl methyl sites for hydroxylation is 1. The van der Waals surface area contributed by atoms with Gasteiger partial charge >= 0.3 is 0 Å². The molecule has 0 heterocycles. The molecule has 2 aromatic rings. The van der Waals surface area contributed by atoms with Crippen molar-refractivity contribution >= 4 is 23.4 Å². The summed E-state index contributed by atoms with van der Waals surface area (Å²) < 4.78 is 0. The molecule has 31 heavy (non-hydrogen) atoms. The van der Waals surface area contributed by atoms with Crippen LogP contribution in [0.3, 0.4) is 0 Å². The first-order chi connectivity index (χ1) is 14.8. The highest BCUT2D eigenvalue weighted by Gasteiger charge is 2.26. The zero-order chi connectivity index (χ0) is 22.8. The Morgan fingerprint density at radius 2 is 1.71 bits per heavy atom. The maximum atomic E-state index is 13.2. The summed E-state index contributed by atoms with van der Waals surface area (Å²) in [6, 6.07) is 15.3. The van der Waals surface area contributed by atoms with Crippen molar-refractivity contribution in [3.05, 3.63) is 70.2 Å². The number of hydrogen-bond acceptors (Lipinski definition) is 2. The third-order valence-corrected chi connectivity index (χ3v) is 5.94. The number of carbonyl (C=O) groups is 2. The monoisotopic (exact) mass is 442 g/mol. The molecule has 0 radical (unpaired) electrons. The molecule has 0 aromatic heterocycles. The number of halogens is 1. The fourth-order valence-corrected chi connectivity index (χ4v) is 3.59. The Bertz CT molecular complexity index is 849. The van der Waals surface area contributed by atoms with Crippen molar-refractivity contribution in [1.82, 2.24) is 10.2 Å². The van der Waals surface area contributed by atoms with E-state index in [0.29, 0.717) is 36.9 Å². The van der Waals surface area contributed by atoms with E-state index in [4.69, 9.17) is 11.6 Å². The highest BCUT2D eigenvalue weighted by atomic mass is 35.5. The van der Waals surface area contributed by atoms with Gasteiger partial charge in [-0.2, -0.15) is 0 Å². The van der Waals surface area contributed by atoms with Crippen molar-refractivity contribution < 1.29 is 9.59 Å². The number of benzene rings is 2. The fourth-order valence-electron chi connectivity index (χ4n) is 3.39. The van der Waals surface area contributed by atoms with Gasteiger partial charge in [0.05, 0.1) is 0 Å². The molecule has 0 aliphatic heterocycles. The van der Waals surface area contributed by atoms with Gasteiger partial charge in [-0.15, -0.1) is 0 Å². The van der Waals surface area contributed by atoms with Gasteiger partial charge in [0.15, 0.2) is 0 Å². The van der Waals surface area contributed by atoms with Crippen molar-refractivity contribution in [2.75, 3.05) is 6.54 Å². The van der Waals surface area contributed by atoms with Gasteiger partial charge in [0, 0.05) is 24.5 Å². The van der Waals surface area contributed by atoms with Crippen LogP contribution in [0, 0.1) is 0 Å². The highest BCUT2D eigenvalue weighted by Crippen LogP contribution is 2.20. The van der Waals surface area contributed by atoms with E-state index in [0.717, 1.165) is 24.0 Å². The summed E-state index contributed by atoms with van der Waals surface area (Å²) in [5.74, 6) is 0.301. The van der Waals surface area contributed by atoms with Crippen molar-refractivity contribution in [1.29, 1.82) is 0 Å². The Hall–Kier alpha value is -2.33. The lowest BCUT2D eigenvalue weighted by atomic mass is 10.00. The van der Waals surface area contributed by atoms with Crippen LogP contribution < -0.4 is 5.32 Å². The molecule has 5 heteroatoms. The van der Waals surface area contributed by atoms with E-state index >= 15 is 0 Å². The van der Waals surface area contributed by atoms with E-state index in [1.807, 2.05) is 24.3 Å². The second-order valence-corrected chi connectivity index (χ2v) is 8.74. The zero-order valence-corrected chi connectivity index (χ0v) is 19.9. The third kappa shape index (κ3) is 7.70. The van der Waals surface area contributed by atoms with Crippen molar-refractivity contribution in [2.45, 2.75) is 71.9 Å². The standard InChI is InChI=1S/C26H35ClN2O2/c1-5-6-17-28-26(31)20(4)29(18-23-9-7-8-10-24(23)27)25(30)16-13-21-11-14-22(15-12-21)19(2)3/h7-12,14-15,19-20H,5-6,13,16-18H2,1-4H3,(H,28,31)/t20-/m0/s1. The average Bonchev–Trinajstić information content (AvgIpc) is 2.76. The van der Waals surface area contributed by atoms with Crippen molar-refractivity contribution in [3.8, 4) is 0 Å². The Kier molecular flexibility index (Phi) is 10.1. The van der Waals surface area contributed by atoms with Crippen LogP contribution in [0.25, 0.3) is 0 Å². The lowest BCUT2D eigenvalue weighted by Crippen LogP contribution is -2.47. The van der Waals surface area contributed by atoms with E-state index in [2.05, 4.69) is 50.4 Å². The summed E-state index contributed by atoms with van der Waals surface area (Å²) in [7, 11) is 0. The number of amides is 2. The smallest absolute Gasteiger partial charge is 0.242 e. The SMILES string of the molecule is CCCCNC(=O)[C@H](C)N(Cc1ccccc1Cl)C(=O)CCc1ccc(C(C)C)cc1. The summed E-state index contributed by atoms with van der Waals surface area (Å²) in [6.07, 6.45) is 2.91. The Balaban J connectivity index is 2.11. The molecule has 0 fully saturated rings. The molecule has 1 N–H and O–H groups in total. The summed E-state index contributed by atoms with van der Waals surface area (Å²) in [4.78, 5) is 27.5. The lowest BCUT2D eigenvalue weighted by Gasteiger charge is -2.29. The molecule has 0 bridgehead atoms. The third-order valence-electron chi connectivity index (χ3n) is 5.57. The maximum Gasteiger partial charge on any atom is 0.242 e. The Morgan fingerprint density at radius 3 is 2.32 bits per heavy atom. The molecule has 1 atom stereocenters. The lowest BCUT2D eigenvalue weighted by molar-refractivity contribution is -0.140. The van der Waals surface area contributed by atoms with Crippen LogP contribution in [0.1, 0.15) is 69.6 Å². The normalized spacial score (nSPS) is 11.9. The van der Waals surface area contributed by atoms with Gasteiger partial charge in [0.2, 0.25) is 11.8 Å². The van der Waals surface area contributed by atoms with Gasteiger partial charge in [-0.3, -0.25) is 9.59 Å². The van der Waals surface area contributed by atoms with Gasteiger partial charge in [-0.25, -0.2) is 0 Å². The summed E-state index contributed by atoms with van der Waals surface area (Å²) in [5.41, 5.74) is 3.25. The molecule has 0 spiro atoms. The van der Waals surface area contributed by atoms with Crippen LogP contribution in [0.2, 0.25) is 5.02 Å². The minimum absolute atomic E-state index is 0.0500. The van der Waals surface area contributed by atoms with Crippen molar-refractivity contribution in [2.24, 2.45) is 0 Å². The van der Waals surface area contributed by atoms with Crippen LogP contribution in [0.15, 0.2) is 48.5 Å². The first-order valence-corrected chi connectivity index (χ1v) is 11.6. The van der Waals surface area contributed by atoms with E-state index < -0.39 is 6.04 Å². The predicted molar refractivity (Wildman–Crippen MR) is 128 cm³/mol. The molecule has 4 nitrogen and oxygen atoms in total. The number of nitrogens with one attached hydrogen (secondary N) is 1. The average molecular weight is 443 g/mol. The minimum Gasteiger partial charge on any atom is -0.354 e. The van der Waals surface area contributed by atoms with Crippen LogP contribution >= 0.6 is 11.6 Å². The van der Waals surface area contributed by atoms with Crippen molar-refractivity contribution in [3.63, 3.8) is 0 Å². The topological polar surface area (TPSA) is 49.4 Å². The number of unbranched alkanes of at least 4 members (excludes halogenated alkanes) is 1. The molecule has 0 aliphatic carbocycles. The molecule has 0 unspecified atom stereocenters. The van der Waals surface area contributed by atoms with E-state index in [-0.39, 0.29) is 11.8 Å². The zero-order valence-electron chi connectivity index (χ0n) is 19.2. The quantitative estimate of drug-likeness (QED) is 0.452. The Labute approximate surface area is 192 Å². The number of hydrogen-bond donors (Lipinski definition) is 1. The maximum absolute atomic E-state index is 13.2. The molecule has 168 valence electrons. The highest BCUT2D eigenvalue weighted by molar-refractivity contribution is 6.31. The summed E-state index contributed by atoms with van der Waals surface area (Å²) in [5, 5.41) is 3.54. The van der Waals surface area contributed by atoms with Crippen LogP contribution in [0.5, 0.6) is 0 Å². The summed E-state index contributed by atoms with van der Waals surface area (Å²) in [6.45, 7) is 9.13. The van der Waals surface area contributed by atoms with Crippen LogP contribution in [0.4, 0.5) is 0 Å². The molecular weight excluding hydrogens is 408 g/mol. The largest absolute Gasteiger partial charge is 0.354 e. The fraction of sp³-hybridized carbons (Fsp3) is 0.462. The second-order valence-electron chi connectivity index (χ2n) is 8.33. The van der Waals surface area contributed by atoms with Gasteiger partial charge in [-0.05, 0) is 48.4 Å². The molecule has 0 saturated heterocycles. The molecule has 2 amide bonds. The molecule has 0 saturated carbocycles. The van der Waals surface area contributed by atoms with Gasteiger partial charge in [0.1, 0.15) is 6.04 Å². The second kappa shape index (κ2) is 12.5. The molecule has 2 aromatic carbocycles. The van der Waals surface area contributed by atoms with E-state index in [1.165, 1.54) is 5.56 Å². The minimum atomic E-state index is -0.566. The van der Waals surface area contributed by atoms with Crippen LogP contribution in [-0.4, -0.2) is 29.3 Å². The number of nitrogens with zero attached hydrogens (tertiary/aromatic N) is 1.